The third-order valence-corrected chi connectivity index (χ3v) is 5.49. The van der Waals surface area contributed by atoms with E-state index >= 15 is 0 Å². The number of H-pyrrole nitrogens is 1. The molecular weight excluding hydrogens is 405 g/mol. The molecule has 3 aromatic carbocycles. The van der Waals surface area contributed by atoms with Gasteiger partial charge in [0.2, 0.25) is 0 Å². The van der Waals surface area contributed by atoms with Crippen molar-refractivity contribution in [2.45, 2.75) is 6.10 Å². The fraction of sp³-hybridized carbons (Fsp3) is 0.0769. The number of halogens is 1. The number of nitrogens with one attached hydrogen (secondary N) is 2. The lowest BCUT2D eigenvalue weighted by Gasteiger charge is -2.13. The fourth-order valence-electron chi connectivity index (χ4n) is 3.85. The fourth-order valence-corrected chi connectivity index (χ4v) is 3.85. The molecule has 6 heteroatoms. The lowest BCUT2D eigenvalue weighted by Crippen LogP contribution is -2.29. The number of carbonyl (C=O) groups excluding carboxylic acids is 1. The molecule has 3 N–H and O–H groups in total. The average molecular weight is 425 g/mol. The Morgan fingerprint density at radius 2 is 1.69 bits per heavy atom. The number of aromatic nitrogens is 2. The summed E-state index contributed by atoms with van der Waals surface area (Å²) < 4.78 is 13.5. The zero-order chi connectivity index (χ0) is 22.1. The van der Waals surface area contributed by atoms with Gasteiger partial charge in [0.15, 0.2) is 0 Å². The highest BCUT2D eigenvalue weighted by atomic mass is 19.1. The zero-order valence-corrected chi connectivity index (χ0v) is 17.0. The van der Waals surface area contributed by atoms with Gasteiger partial charge in [0.05, 0.1) is 17.3 Å². The van der Waals surface area contributed by atoms with Gasteiger partial charge in [-0.25, -0.2) is 9.37 Å². The van der Waals surface area contributed by atoms with Crippen LogP contribution in [0.2, 0.25) is 0 Å². The molecule has 158 valence electrons. The molecule has 0 aliphatic carbocycles. The first-order chi connectivity index (χ1) is 15.6. The first-order valence-electron chi connectivity index (χ1n) is 10.3. The van der Waals surface area contributed by atoms with Gasteiger partial charge in [0.25, 0.3) is 5.91 Å². The molecule has 1 atom stereocenters. The number of fused-ring (bicyclic) bond motifs is 3. The second-order valence-electron chi connectivity index (χ2n) is 7.59. The van der Waals surface area contributed by atoms with Crippen LogP contribution >= 0.6 is 0 Å². The first-order valence-corrected chi connectivity index (χ1v) is 10.3. The molecule has 1 amide bonds. The van der Waals surface area contributed by atoms with E-state index in [0.29, 0.717) is 11.3 Å². The number of hydrogen-bond donors (Lipinski definition) is 3. The molecule has 1 unspecified atom stereocenters. The van der Waals surface area contributed by atoms with Gasteiger partial charge in [-0.05, 0) is 42.0 Å². The predicted molar refractivity (Wildman–Crippen MR) is 123 cm³/mol. The van der Waals surface area contributed by atoms with Crippen LogP contribution in [0, 0.1) is 5.82 Å². The minimum Gasteiger partial charge on any atom is -0.387 e. The highest BCUT2D eigenvalue weighted by molar-refractivity contribution is 6.13. The number of hydrogen-bond acceptors (Lipinski definition) is 3. The van der Waals surface area contributed by atoms with Crippen LogP contribution in [0.1, 0.15) is 22.2 Å². The summed E-state index contributed by atoms with van der Waals surface area (Å²) in [5, 5.41) is 15.0. The predicted octanol–water partition coefficient (Wildman–Crippen LogP) is 4.99. The maximum Gasteiger partial charge on any atom is 0.270 e. The van der Waals surface area contributed by atoms with E-state index in [1.165, 1.54) is 12.1 Å². The van der Waals surface area contributed by atoms with Gasteiger partial charge in [0.1, 0.15) is 11.5 Å². The molecule has 0 saturated heterocycles. The Balaban J connectivity index is 1.54. The van der Waals surface area contributed by atoms with Gasteiger partial charge in [-0.15, -0.1) is 0 Å². The van der Waals surface area contributed by atoms with E-state index in [0.717, 1.165) is 27.4 Å². The second-order valence-corrected chi connectivity index (χ2v) is 7.59. The quantitative estimate of drug-likeness (QED) is 0.371. The number of aliphatic hydroxyl groups excluding tert-OH is 1. The van der Waals surface area contributed by atoms with Crippen LogP contribution < -0.4 is 5.32 Å². The van der Waals surface area contributed by atoms with Crippen molar-refractivity contribution in [1.82, 2.24) is 15.3 Å². The number of carbonyl (C=O) groups is 1. The molecule has 5 nitrogen and oxygen atoms in total. The maximum atomic E-state index is 13.5. The van der Waals surface area contributed by atoms with E-state index in [9.17, 15) is 14.3 Å². The Labute approximate surface area is 183 Å². The van der Waals surface area contributed by atoms with Crippen molar-refractivity contribution in [2.75, 3.05) is 6.54 Å². The summed E-state index contributed by atoms with van der Waals surface area (Å²) in [6.07, 6.45) is -0.825. The van der Waals surface area contributed by atoms with E-state index in [-0.39, 0.29) is 18.1 Å². The van der Waals surface area contributed by atoms with Gasteiger partial charge < -0.3 is 15.4 Å². The average Bonchev–Trinajstić information content (AvgIpc) is 3.21. The van der Waals surface area contributed by atoms with E-state index in [2.05, 4.69) is 15.3 Å². The molecule has 32 heavy (non-hydrogen) atoms. The molecule has 0 radical (unpaired) electrons. The lowest BCUT2D eigenvalue weighted by molar-refractivity contribution is 0.0911. The van der Waals surface area contributed by atoms with E-state index < -0.39 is 12.0 Å². The third kappa shape index (κ3) is 3.72. The molecule has 5 aromatic rings. The van der Waals surface area contributed by atoms with Crippen LogP contribution in [0.15, 0.2) is 84.9 Å². The molecule has 0 bridgehead atoms. The monoisotopic (exact) mass is 425 g/mol. The summed E-state index contributed by atoms with van der Waals surface area (Å²) in [6.45, 7) is 0.0579. The number of pyridine rings is 1. The minimum absolute atomic E-state index is 0.0579. The Hall–Kier alpha value is -4.03. The molecule has 0 aliphatic rings. The molecule has 2 heterocycles. The summed E-state index contributed by atoms with van der Waals surface area (Å²) in [6, 6.07) is 24.7. The van der Waals surface area contributed by atoms with Crippen LogP contribution in [0.5, 0.6) is 0 Å². The van der Waals surface area contributed by atoms with Crippen LogP contribution in [0.25, 0.3) is 33.1 Å². The largest absolute Gasteiger partial charge is 0.387 e. The van der Waals surface area contributed by atoms with Crippen molar-refractivity contribution in [3.05, 3.63) is 102 Å². The minimum atomic E-state index is -0.825. The van der Waals surface area contributed by atoms with Crippen molar-refractivity contribution >= 4 is 27.7 Å². The van der Waals surface area contributed by atoms with Gasteiger partial charge >= 0.3 is 0 Å². The lowest BCUT2D eigenvalue weighted by atomic mass is 10.1. The SMILES string of the molecule is O=C(NCC(O)c1ccccc1)c1cc2c([nH]c3ccccc32)c(-c2ccc(F)cc2)n1. The topological polar surface area (TPSA) is 78.0 Å². The van der Waals surface area contributed by atoms with Crippen molar-refractivity contribution in [3.63, 3.8) is 0 Å². The molecule has 0 fully saturated rings. The molecule has 0 saturated carbocycles. The summed E-state index contributed by atoms with van der Waals surface area (Å²) in [7, 11) is 0. The second kappa shape index (κ2) is 8.24. The van der Waals surface area contributed by atoms with Crippen LogP contribution in [0.3, 0.4) is 0 Å². The van der Waals surface area contributed by atoms with E-state index in [1.807, 2.05) is 42.5 Å². The number of para-hydroxylation sites is 1. The van der Waals surface area contributed by atoms with Gasteiger partial charge in [-0.1, -0.05) is 48.5 Å². The standard InChI is InChI=1S/C26H20FN3O2/c27-18-12-10-17(11-13-18)24-25-20(19-8-4-5-9-21(19)29-25)14-22(30-24)26(32)28-15-23(31)16-6-2-1-3-7-16/h1-14,23,29,31H,15H2,(H,28,32). The Kier molecular flexibility index (Phi) is 5.13. The zero-order valence-electron chi connectivity index (χ0n) is 17.0. The maximum absolute atomic E-state index is 13.5. The smallest absolute Gasteiger partial charge is 0.270 e. The number of benzene rings is 3. The summed E-state index contributed by atoms with van der Waals surface area (Å²) >= 11 is 0. The van der Waals surface area contributed by atoms with Crippen molar-refractivity contribution in [2.24, 2.45) is 0 Å². The third-order valence-electron chi connectivity index (χ3n) is 5.49. The van der Waals surface area contributed by atoms with Crippen LogP contribution in [-0.4, -0.2) is 27.5 Å². The van der Waals surface area contributed by atoms with E-state index in [1.54, 1.807) is 30.3 Å². The Morgan fingerprint density at radius 3 is 2.47 bits per heavy atom. The van der Waals surface area contributed by atoms with Crippen LogP contribution in [0.4, 0.5) is 4.39 Å². The molecular formula is C26H20FN3O2. The van der Waals surface area contributed by atoms with Crippen molar-refractivity contribution in [1.29, 1.82) is 0 Å². The number of aliphatic hydroxyl groups is 1. The number of aromatic amines is 1. The Morgan fingerprint density at radius 1 is 0.969 bits per heavy atom. The van der Waals surface area contributed by atoms with Crippen molar-refractivity contribution < 1.29 is 14.3 Å². The van der Waals surface area contributed by atoms with Gasteiger partial charge in [-0.3, -0.25) is 4.79 Å². The first kappa shape index (κ1) is 19.9. The number of amides is 1. The van der Waals surface area contributed by atoms with Gasteiger partial charge in [0, 0.05) is 28.4 Å². The highest BCUT2D eigenvalue weighted by Crippen LogP contribution is 2.32. The molecule has 2 aromatic heterocycles. The van der Waals surface area contributed by atoms with Crippen molar-refractivity contribution in [3.8, 4) is 11.3 Å². The summed E-state index contributed by atoms with van der Waals surface area (Å²) in [5.41, 5.74) is 3.90. The normalized spacial score (nSPS) is 12.2. The van der Waals surface area contributed by atoms with Crippen LogP contribution in [-0.2, 0) is 0 Å². The van der Waals surface area contributed by atoms with E-state index in [4.69, 9.17) is 0 Å². The number of nitrogens with zero attached hydrogens (tertiary/aromatic N) is 1. The number of rotatable bonds is 5. The summed E-state index contributed by atoms with van der Waals surface area (Å²) in [4.78, 5) is 20.9. The summed E-state index contributed by atoms with van der Waals surface area (Å²) in [5.74, 6) is -0.735. The van der Waals surface area contributed by atoms with Gasteiger partial charge in [-0.2, -0.15) is 0 Å². The molecule has 0 aliphatic heterocycles. The molecule has 0 spiro atoms. The highest BCUT2D eigenvalue weighted by Gasteiger charge is 2.18. The molecule has 5 rings (SSSR count). The Bertz CT molecular complexity index is 1410.